The van der Waals surface area contributed by atoms with Gasteiger partial charge in [-0.25, -0.2) is 9.80 Å². The van der Waals surface area contributed by atoms with Gasteiger partial charge in [0.05, 0.1) is 34.0 Å². The molecule has 4 amide bonds. The molecule has 0 unspecified atom stereocenters. The van der Waals surface area contributed by atoms with E-state index in [2.05, 4.69) is 9.97 Å². The molecule has 288 valence electrons. The van der Waals surface area contributed by atoms with Crippen molar-refractivity contribution in [1.82, 2.24) is 9.97 Å². The topological polar surface area (TPSA) is 101 Å². The summed E-state index contributed by atoms with van der Waals surface area (Å²) in [4.78, 5) is 65.1. The van der Waals surface area contributed by atoms with Gasteiger partial charge in [0.2, 0.25) is 23.6 Å². The van der Waals surface area contributed by atoms with Crippen LogP contribution in [0.4, 0.5) is 11.4 Å². The Morgan fingerprint density at radius 1 is 0.448 bits per heavy atom. The molecule has 4 aliphatic rings. The third-order valence-corrected chi connectivity index (χ3v) is 13.5. The Morgan fingerprint density at radius 3 is 1.02 bits per heavy atom. The SMILES string of the molecule is C[C@]12C(=O)N(c3cc(Cl)cc(Cl)c3)C(=O)[C@H]1[C@@]2(c1ccccc1)c1ccncc1.C[C@]12C(=O)N(c3cc(Cl)cc(Cl)c3)C(=O)[C@H]1[C@]2(c1ccccc1)c1ccncc1. The minimum Gasteiger partial charge on any atom is -0.274 e. The van der Waals surface area contributed by atoms with Crippen molar-refractivity contribution < 1.29 is 19.2 Å². The Balaban J connectivity index is 0.000000150. The van der Waals surface area contributed by atoms with Crippen LogP contribution in [0.25, 0.3) is 0 Å². The van der Waals surface area contributed by atoms with E-state index < -0.39 is 33.5 Å². The maximum absolute atomic E-state index is 13.7. The molecule has 6 aromatic rings. The van der Waals surface area contributed by atoms with E-state index >= 15 is 0 Å². The molecule has 58 heavy (non-hydrogen) atoms. The van der Waals surface area contributed by atoms with E-state index in [0.29, 0.717) is 31.5 Å². The molecule has 12 heteroatoms. The fraction of sp³-hybridized carbons (Fsp3) is 0.174. The predicted molar refractivity (Wildman–Crippen MR) is 224 cm³/mol. The normalized spacial score (nSPS) is 27.8. The van der Waals surface area contributed by atoms with Crippen LogP contribution in [0.5, 0.6) is 0 Å². The van der Waals surface area contributed by atoms with Crippen molar-refractivity contribution in [2.75, 3.05) is 9.80 Å². The van der Waals surface area contributed by atoms with Crippen LogP contribution in [0.15, 0.2) is 146 Å². The molecule has 2 aliphatic heterocycles. The summed E-state index contributed by atoms with van der Waals surface area (Å²) in [5.41, 5.74) is 1.30. The summed E-state index contributed by atoms with van der Waals surface area (Å²) in [6, 6.07) is 36.5. The van der Waals surface area contributed by atoms with Gasteiger partial charge in [0.25, 0.3) is 0 Å². The molecule has 8 nitrogen and oxygen atoms in total. The number of aromatic nitrogens is 2. The average Bonchev–Trinajstić information content (AvgIpc) is 3.96. The van der Waals surface area contributed by atoms with Crippen molar-refractivity contribution in [3.63, 3.8) is 0 Å². The maximum Gasteiger partial charge on any atom is 0.241 e. The van der Waals surface area contributed by atoms with Crippen molar-refractivity contribution in [2.45, 2.75) is 24.7 Å². The summed E-state index contributed by atoms with van der Waals surface area (Å²) in [6.07, 6.45) is 6.78. The third kappa shape index (κ3) is 5.08. The van der Waals surface area contributed by atoms with Crippen LogP contribution in [0.3, 0.4) is 0 Å². The van der Waals surface area contributed by atoms with Gasteiger partial charge >= 0.3 is 0 Å². The number of anilines is 2. The summed E-state index contributed by atoms with van der Waals surface area (Å²) in [7, 11) is 0. The van der Waals surface area contributed by atoms with Gasteiger partial charge in [-0.2, -0.15) is 0 Å². The number of nitrogens with zero attached hydrogens (tertiary/aromatic N) is 4. The van der Waals surface area contributed by atoms with E-state index in [4.69, 9.17) is 46.4 Å². The largest absolute Gasteiger partial charge is 0.274 e. The second-order valence-electron chi connectivity index (χ2n) is 15.3. The van der Waals surface area contributed by atoms with Crippen LogP contribution in [0.2, 0.25) is 20.1 Å². The Bertz CT molecular complexity index is 2370. The second-order valence-corrected chi connectivity index (χ2v) is 17.0. The summed E-state index contributed by atoms with van der Waals surface area (Å²) in [5, 5.41) is 1.51. The van der Waals surface area contributed by atoms with Crippen molar-refractivity contribution >= 4 is 81.4 Å². The van der Waals surface area contributed by atoms with Crippen LogP contribution in [-0.4, -0.2) is 33.6 Å². The standard InChI is InChI=1S/2C23H16Cl2N2O2/c2*1-22-19(20(28)27(21(22)29)18-12-16(24)11-17(25)13-18)23(22,14-5-3-2-4-6-14)15-7-9-26-10-8-15/h2*2-13,19H,1H3/t19-,22-,23+;19-,22-,23-/m11/s1. The lowest BCUT2D eigenvalue weighted by Gasteiger charge is -2.29. The van der Waals surface area contributed by atoms with Gasteiger partial charge in [-0.3, -0.25) is 29.1 Å². The number of amides is 4. The van der Waals surface area contributed by atoms with E-state index in [1.165, 1.54) is 9.80 Å². The molecule has 2 saturated carbocycles. The van der Waals surface area contributed by atoms with Crippen LogP contribution >= 0.6 is 46.4 Å². The highest BCUT2D eigenvalue weighted by atomic mass is 35.5. The van der Waals surface area contributed by atoms with Crippen molar-refractivity contribution in [3.05, 3.63) is 188 Å². The number of imide groups is 2. The highest BCUT2D eigenvalue weighted by Crippen LogP contribution is 2.78. The first-order valence-corrected chi connectivity index (χ1v) is 20.0. The van der Waals surface area contributed by atoms with Crippen molar-refractivity contribution in [2.24, 2.45) is 22.7 Å². The molecule has 2 saturated heterocycles. The van der Waals surface area contributed by atoms with Crippen LogP contribution in [0.1, 0.15) is 36.1 Å². The Hall–Kier alpha value is -5.38. The van der Waals surface area contributed by atoms with Gasteiger partial charge in [-0.05, 0) is 96.8 Å². The fourth-order valence-corrected chi connectivity index (χ4v) is 11.3. The number of carbonyl (C=O) groups excluding carboxylic acids is 4. The first-order valence-electron chi connectivity index (χ1n) is 18.5. The van der Waals surface area contributed by atoms with E-state index in [1.54, 1.807) is 61.2 Å². The van der Waals surface area contributed by atoms with Crippen molar-refractivity contribution in [3.8, 4) is 0 Å². The number of rotatable bonds is 6. The maximum atomic E-state index is 13.7. The first kappa shape index (κ1) is 38.2. The molecule has 4 fully saturated rings. The molecule has 4 heterocycles. The molecule has 0 bridgehead atoms. The smallest absolute Gasteiger partial charge is 0.241 e. The lowest BCUT2D eigenvalue weighted by atomic mass is 9.79. The van der Waals surface area contributed by atoms with Gasteiger partial charge < -0.3 is 0 Å². The van der Waals surface area contributed by atoms with E-state index in [1.807, 2.05) is 98.8 Å². The molecular formula is C46H32Cl4N4O4. The monoisotopic (exact) mass is 844 g/mol. The fourth-order valence-electron chi connectivity index (χ4n) is 10.3. The Labute approximate surface area is 354 Å². The van der Waals surface area contributed by atoms with Gasteiger partial charge in [0.1, 0.15) is 0 Å². The summed E-state index contributed by atoms with van der Waals surface area (Å²) in [5.74, 6) is -1.99. The van der Waals surface area contributed by atoms with E-state index in [-0.39, 0.29) is 23.6 Å². The summed E-state index contributed by atoms with van der Waals surface area (Å²) < 4.78 is 0. The zero-order chi connectivity index (χ0) is 40.8. The van der Waals surface area contributed by atoms with Crippen LogP contribution in [-0.2, 0) is 30.0 Å². The minimum atomic E-state index is -0.901. The summed E-state index contributed by atoms with van der Waals surface area (Å²) >= 11 is 24.5. The molecule has 0 N–H and O–H groups in total. The first-order chi connectivity index (χ1) is 27.8. The molecule has 10 rings (SSSR count). The number of carbonyl (C=O) groups is 4. The minimum absolute atomic E-state index is 0.239. The number of benzene rings is 4. The number of pyridine rings is 2. The lowest BCUT2D eigenvalue weighted by Crippen LogP contribution is -2.42. The van der Waals surface area contributed by atoms with E-state index in [0.717, 1.165) is 22.3 Å². The molecule has 0 spiro atoms. The highest BCUT2D eigenvalue weighted by molar-refractivity contribution is 6.37. The van der Waals surface area contributed by atoms with Gasteiger partial charge in [0, 0.05) is 55.7 Å². The highest BCUT2D eigenvalue weighted by Gasteiger charge is 2.88. The summed E-state index contributed by atoms with van der Waals surface area (Å²) in [6.45, 7) is 3.75. The molecule has 4 aromatic carbocycles. The Kier molecular flexibility index (Phi) is 8.95. The van der Waals surface area contributed by atoms with E-state index in [9.17, 15) is 19.2 Å². The van der Waals surface area contributed by atoms with Crippen LogP contribution < -0.4 is 9.80 Å². The van der Waals surface area contributed by atoms with Gasteiger partial charge in [-0.15, -0.1) is 0 Å². The number of piperidine rings is 2. The Morgan fingerprint density at radius 2 is 0.741 bits per heavy atom. The number of hydrogen-bond acceptors (Lipinski definition) is 6. The zero-order valence-electron chi connectivity index (χ0n) is 30.9. The van der Waals surface area contributed by atoms with Gasteiger partial charge in [-0.1, -0.05) is 107 Å². The molecule has 2 aromatic heterocycles. The number of hydrogen-bond donors (Lipinski definition) is 0. The third-order valence-electron chi connectivity index (χ3n) is 12.7. The lowest BCUT2D eigenvalue weighted by molar-refractivity contribution is -0.127. The zero-order valence-corrected chi connectivity index (χ0v) is 34.0. The average molecular weight is 847 g/mol. The van der Waals surface area contributed by atoms with Gasteiger partial charge in [0.15, 0.2) is 0 Å². The van der Waals surface area contributed by atoms with Crippen molar-refractivity contribution in [1.29, 1.82) is 0 Å². The predicted octanol–water partition coefficient (Wildman–Crippen LogP) is 9.77. The molecule has 2 aliphatic carbocycles. The molecule has 0 radical (unpaired) electrons. The quantitative estimate of drug-likeness (QED) is 0.155. The number of fused-ring (bicyclic) bond motifs is 2. The van der Waals surface area contributed by atoms with Crippen LogP contribution in [0, 0.1) is 22.7 Å². The molecule has 6 atom stereocenters. The second kappa shape index (κ2) is 13.6. The number of halogens is 4. The molecular weight excluding hydrogens is 814 g/mol.